The lowest BCUT2D eigenvalue weighted by Gasteiger charge is -1.97. The van der Waals surface area contributed by atoms with Gasteiger partial charge < -0.3 is 10.3 Å². The largest absolute Gasteiger partial charge is 0.335 e. The van der Waals surface area contributed by atoms with Crippen LogP contribution in [0.25, 0.3) is 0 Å². The van der Waals surface area contributed by atoms with E-state index < -0.39 is 0 Å². The molecule has 4 heteroatoms. The highest BCUT2D eigenvalue weighted by atomic mass is 16.1. The molecule has 0 aliphatic rings. The molecule has 0 radical (unpaired) electrons. The van der Waals surface area contributed by atoms with Crippen LogP contribution < -0.4 is 5.73 Å². The minimum atomic E-state index is 0.138. The van der Waals surface area contributed by atoms with Gasteiger partial charge in [-0.05, 0) is 6.42 Å². The van der Waals surface area contributed by atoms with Crippen LogP contribution in [0.1, 0.15) is 43.1 Å². The predicted octanol–water partition coefficient (Wildman–Crippen LogP) is 1.60. The number of hydrogen-bond acceptors (Lipinski definition) is 3. The van der Waals surface area contributed by atoms with E-state index in [-0.39, 0.29) is 5.78 Å². The first-order valence-corrected chi connectivity index (χ1v) is 5.53. The molecule has 0 atom stereocenters. The van der Waals surface area contributed by atoms with Gasteiger partial charge >= 0.3 is 0 Å². The summed E-state index contributed by atoms with van der Waals surface area (Å²) in [7, 11) is 0. The van der Waals surface area contributed by atoms with Crippen LogP contribution in [0.5, 0.6) is 0 Å². The molecule has 84 valence electrons. The molecule has 0 bridgehead atoms. The van der Waals surface area contributed by atoms with E-state index in [4.69, 9.17) is 5.73 Å². The van der Waals surface area contributed by atoms with Crippen molar-refractivity contribution < 1.29 is 4.79 Å². The van der Waals surface area contributed by atoms with Crippen LogP contribution in [0, 0.1) is 0 Å². The monoisotopic (exact) mass is 209 g/mol. The molecule has 0 aromatic carbocycles. The summed E-state index contributed by atoms with van der Waals surface area (Å²) in [6.45, 7) is 3.41. The van der Waals surface area contributed by atoms with E-state index in [1.54, 1.807) is 12.5 Å². The molecule has 2 N–H and O–H groups in total. The van der Waals surface area contributed by atoms with Gasteiger partial charge in [0, 0.05) is 25.7 Å². The molecule has 4 nitrogen and oxygen atoms in total. The Morgan fingerprint density at radius 3 is 3.00 bits per heavy atom. The average Bonchev–Trinajstić information content (AvgIpc) is 2.67. The van der Waals surface area contributed by atoms with Crippen LogP contribution >= 0.6 is 0 Å². The van der Waals surface area contributed by atoms with Crippen molar-refractivity contribution >= 4 is 5.78 Å². The normalized spacial score (nSPS) is 10.5. The van der Waals surface area contributed by atoms with Gasteiger partial charge in [0.15, 0.2) is 5.78 Å². The molecule has 1 aromatic heterocycles. The molecule has 0 spiro atoms. The molecule has 0 unspecified atom stereocenters. The Hall–Kier alpha value is -1.16. The molecular weight excluding hydrogens is 190 g/mol. The van der Waals surface area contributed by atoms with E-state index in [0.717, 1.165) is 25.8 Å². The third-order valence-electron chi connectivity index (χ3n) is 2.31. The number of unbranched alkanes of at least 4 members (excludes halogenated alkanes) is 2. The Morgan fingerprint density at radius 1 is 1.53 bits per heavy atom. The standard InChI is InChI=1S/C11H19N3O/c1-2-3-4-5-11(15)10-8-14(7-6-12)9-13-10/h8-9H,2-7,12H2,1H3. The lowest BCUT2D eigenvalue weighted by Crippen LogP contribution is -2.08. The highest BCUT2D eigenvalue weighted by Gasteiger charge is 2.08. The fraction of sp³-hybridized carbons (Fsp3) is 0.636. The van der Waals surface area contributed by atoms with Crippen molar-refractivity contribution in [3.8, 4) is 0 Å². The second-order valence-corrected chi connectivity index (χ2v) is 3.67. The van der Waals surface area contributed by atoms with E-state index in [1.165, 1.54) is 0 Å². The minimum Gasteiger partial charge on any atom is -0.335 e. The van der Waals surface area contributed by atoms with Gasteiger partial charge in [-0.1, -0.05) is 19.8 Å². The molecule has 1 heterocycles. The summed E-state index contributed by atoms with van der Waals surface area (Å²) >= 11 is 0. The zero-order chi connectivity index (χ0) is 11.1. The van der Waals surface area contributed by atoms with Gasteiger partial charge in [-0.2, -0.15) is 0 Å². The van der Waals surface area contributed by atoms with Gasteiger partial charge in [0.05, 0.1) is 6.33 Å². The summed E-state index contributed by atoms with van der Waals surface area (Å²) in [5.74, 6) is 0.138. The van der Waals surface area contributed by atoms with Gasteiger partial charge in [0.1, 0.15) is 5.69 Å². The van der Waals surface area contributed by atoms with E-state index >= 15 is 0 Å². The van der Waals surface area contributed by atoms with Crippen LogP contribution in [-0.2, 0) is 6.54 Å². The lowest BCUT2D eigenvalue weighted by molar-refractivity contribution is 0.0975. The van der Waals surface area contributed by atoms with Gasteiger partial charge in [-0.15, -0.1) is 0 Å². The highest BCUT2D eigenvalue weighted by Crippen LogP contribution is 2.06. The number of nitrogens with zero attached hydrogens (tertiary/aromatic N) is 2. The van der Waals surface area contributed by atoms with Gasteiger partial charge in [0.25, 0.3) is 0 Å². The molecule has 0 saturated carbocycles. The Labute approximate surface area is 90.5 Å². The maximum absolute atomic E-state index is 11.6. The van der Waals surface area contributed by atoms with E-state index in [0.29, 0.717) is 18.7 Å². The molecule has 15 heavy (non-hydrogen) atoms. The maximum Gasteiger partial charge on any atom is 0.182 e. The Balaban J connectivity index is 2.43. The fourth-order valence-corrected chi connectivity index (χ4v) is 1.44. The van der Waals surface area contributed by atoms with Crippen molar-refractivity contribution in [3.63, 3.8) is 0 Å². The lowest BCUT2D eigenvalue weighted by atomic mass is 10.1. The van der Waals surface area contributed by atoms with Crippen LogP contribution in [0.15, 0.2) is 12.5 Å². The highest BCUT2D eigenvalue weighted by molar-refractivity contribution is 5.93. The number of hydrogen-bond donors (Lipinski definition) is 1. The summed E-state index contributed by atoms with van der Waals surface area (Å²) in [6, 6.07) is 0. The van der Waals surface area contributed by atoms with Crippen LogP contribution in [-0.4, -0.2) is 21.9 Å². The van der Waals surface area contributed by atoms with Gasteiger partial charge in [0.2, 0.25) is 0 Å². The number of carbonyl (C=O) groups excluding carboxylic acids is 1. The third kappa shape index (κ3) is 3.83. The Bertz CT molecular complexity index is 307. The Kier molecular flexibility index (Phi) is 5.04. The van der Waals surface area contributed by atoms with Crippen LogP contribution in [0.3, 0.4) is 0 Å². The van der Waals surface area contributed by atoms with Crippen LogP contribution in [0.4, 0.5) is 0 Å². The van der Waals surface area contributed by atoms with Crippen molar-refractivity contribution in [1.29, 1.82) is 0 Å². The summed E-state index contributed by atoms with van der Waals surface area (Å²) in [5.41, 5.74) is 5.98. The molecule has 0 fully saturated rings. The molecule has 0 amide bonds. The number of imidazole rings is 1. The van der Waals surface area contributed by atoms with Crippen molar-refractivity contribution in [2.24, 2.45) is 5.73 Å². The number of nitrogens with two attached hydrogens (primary N) is 1. The summed E-state index contributed by atoms with van der Waals surface area (Å²) < 4.78 is 1.85. The zero-order valence-corrected chi connectivity index (χ0v) is 9.28. The van der Waals surface area contributed by atoms with E-state index in [9.17, 15) is 4.79 Å². The zero-order valence-electron chi connectivity index (χ0n) is 9.28. The number of aromatic nitrogens is 2. The van der Waals surface area contributed by atoms with Gasteiger partial charge in [-0.25, -0.2) is 4.98 Å². The molecular formula is C11H19N3O. The molecule has 0 saturated heterocycles. The van der Waals surface area contributed by atoms with Crippen molar-refractivity contribution in [2.45, 2.75) is 39.2 Å². The Morgan fingerprint density at radius 2 is 2.33 bits per heavy atom. The number of carbonyl (C=O) groups is 1. The second kappa shape index (κ2) is 6.35. The second-order valence-electron chi connectivity index (χ2n) is 3.67. The SMILES string of the molecule is CCCCCC(=O)c1cn(CCN)cn1. The smallest absolute Gasteiger partial charge is 0.182 e. The van der Waals surface area contributed by atoms with E-state index in [2.05, 4.69) is 11.9 Å². The van der Waals surface area contributed by atoms with Crippen molar-refractivity contribution in [2.75, 3.05) is 6.54 Å². The summed E-state index contributed by atoms with van der Waals surface area (Å²) in [5, 5.41) is 0. The third-order valence-corrected chi connectivity index (χ3v) is 2.31. The quantitative estimate of drug-likeness (QED) is 0.548. The summed E-state index contributed by atoms with van der Waals surface area (Å²) in [6.07, 6.45) is 7.25. The number of ketones is 1. The topological polar surface area (TPSA) is 60.9 Å². The number of Topliss-reactive ketones (excluding diaryl/α,β-unsaturated/α-hetero) is 1. The predicted molar refractivity (Wildman–Crippen MR) is 59.8 cm³/mol. The van der Waals surface area contributed by atoms with Crippen molar-refractivity contribution in [3.05, 3.63) is 18.2 Å². The molecule has 0 aliphatic heterocycles. The first kappa shape index (κ1) is 11.9. The van der Waals surface area contributed by atoms with E-state index in [1.807, 2.05) is 4.57 Å². The fourth-order valence-electron chi connectivity index (χ4n) is 1.44. The number of rotatable bonds is 7. The molecule has 1 rings (SSSR count). The molecule has 0 aliphatic carbocycles. The van der Waals surface area contributed by atoms with Crippen molar-refractivity contribution in [1.82, 2.24) is 9.55 Å². The molecule has 1 aromatic rings. The van der Waals surface area contributed by atoms with Gasteiger partial charge in [-0.3, -0.25) is 4.79 Å². The first-order chi connectivity index (χ1) is 7.27. The van der Waals surface area contributed by atoms with Crippen LogP contribution in [0.2, 0.25) is 0 Å². The minimum absolute atomic E-state index is 0.138. The first-order valence-electron chi connectivity index (χ1n) is 5.53. The maximum atomic E-state index is 11.6. The average molecular weight is 209 g/mol. The summed E-state index contributed by atoms with van der Waals surface area (Å²) in [4.78, 5) is 15.7.